The number of aromatic nitrogens is 2. The number of hydrogen-bond donors (Lipinski definition) is 0. The first-order valence-electron chi connectivity index (χ1n) is 8.87. The SMILES string of the molecule is CCN(Cc1nc(-c2cccs2)no1)C(=O)[C@H](C)Oc1cccc(C)c1C. The minimum absolute atomic E-state index is 0.116. The van der Waals surface area contributed by atoms with Gasteiger partial charge in [0, 0.05) is 6.54 Å². The largest absolute Gasteiger partial charge is 0.481 e. The number of ether oxygens (including phenoxy) is 1. The van der Waals surface area contributed by atoms with Gasteiger partial charge in [-0.15, -0.1) is 11.3 Å². The van der Waals surface area contributed by atoms with Crippen LogP contribution in [0.1, 0.15) is 30.9 Å². The lowest BCUT2D eigenvalue weighted by molar-refractivity contribution is -0.138. The number of carbonyl (C=O) groups is 1. The Bertz CT molecular complexity index is 905. The Labute approximate surface area is 162 Å². The van der Waals surface area contributed by atoms with Crippen LogP contribution in [0.3, 0.4) is 0 Å². The van der Waals surface area contributed by atoms with Crippen molar-refractivity contribution in [3.8, 4) is 16.5 Å². The van der Waals surface area contributed by atoms with Crippen molar-refractivity contribution >= 4 is 17.2 Å². The number of benzene rings is 1. The van der Waals surface area contributed by atoms with E-state index in [4.69, 9.17) is 9.26 Å². The summed E-state index contributed by atoms with van der Waals surface area (Å²) in [6.07, 6.45) is -0.606. The lowest BCUT2D eigenvalue weighted by Crippen LogP contribution is -2.40. The van der Waals surface area contributed by atoms with Crippen LogP contribution in [-0.2, 0) is 11.3 Å². The molecule has 7 heteroatoms. The summed E-state index contributed by atoms with van der Waals surface area (Å²) in [4.78, 5) is 19.8. The molecule has 142 valence electrons. The first-order chi connectivity index (χ1) is 13.0. The summed E-state index contributed by atoms with van der Waals surface area (Å²) in [6, 6.07) is 9.70. The van der Waals surface area contributed by atoms with Crippen LogP contribution < -0.4 is 4.74 Å². The summed E-state index contributed by atoms with van der Waals surface area (Å²) >= 11 is 1.54. The maximum Gasteiger partial charge on any atom is 0.263 e. The van der Waals surface area contributed by atoms with Crippen LogP contribution in [-0.4, -0.2) is 33.6 Å². The number of amides is 1. The number of thiophene rings is 1. The number of hydrogen-bond acceptors (Lipinski definition) is 6. The van der Waals surface area contributed by atoms with E-state index in [1.807, 2.05) is 56.5 Å². The van der Waals surface area contributed by atoms with Crippen molar-refractivity contribution in [3.63, 3.8) is 0 Å². The zero-order chi connectivity index (χ0) is 19.4. The van der Waals surface area contributed by atoms with E-state index in [1.54, 1.807) is 23.2 Å². The van der Waals surface area contributed by atoms with Crippen LogP contribution in [0, 0.1) is 13.8 Å². The summed E-state index contributed by atoms with van der Waals surface area (Å²) in [5.41, 5.74) is 2.17. The summed E-state index contributed by atoms with van der Waals surface area (Å²) < 4.78 is 11.2. The molecule has 1 atom stereocenters. The molecule has 1 aromatic carbocycles. The molecular formula is C20H23N3O3S. The molecule has 0 saturated heterocycles. The average molecular weight is 385 g/mol. The number of carbonyl (C=O) groups excluding carboxylic acids is 1. The van der Waals surface area contributed by atoms with Crippen molar-refractivity contribution in [1.82, 2.24) is 15.0 Å². The molecule has 27 heavy (non-hydrogen) atoms. The van der Waals surface area contributed by atoms with Gasteiger partial charge in [-0.05, 0) is 56.3 Å². The molecule has 0 bridgehead atoms. The fourth-order valence-electron chi connectivity index (χ4n) is 2.68. The third kappa shape index (κ3) is 4.36. The Morgan fingerprint density at radius 1 is 1.30 bits per heavy atom. The van der Waals surface area contributed by atoms with Crippen LogP contribution in [0.25, 0.3) is 10.7 Å². The molecule has 1 amide bonds. The molecule has 0 unspecified atom stereocenters. The zero-order valence-electron chi connectivity index (χ0n) is 15.9. The summed E-state index contributed by atoms with van der Waals surface area (Å²) in [7, 11) is 0. The van der Waals surface area contributed by atoms with Crippen molar-refractivity contribution in [3.05, 3.63) is 52.7 Å². The fourth-order valence-corrected chi connectivity index (χ4v) is 3.33. The van der Waals surface area contributed by atoms with Gasteiger partial charge < -0.3 is 14.2 Å². The Morgan fingerprint density at radius 3 is 2.81 bits per heavy atom. The lowest BCUT2D eigenvalue weighted by Gasteiger charge is -2.24. The van der Waals surface area contributed by atoms with Crippen LogP contribution in [0.4, 0.5) is 0 Å². The molecule has 0 spiro atoms. The first-order valence-corrected chi connectivity index (χ1v) is 9.75. The van der Waals surface area contributed by atoms with Crippen molar-refractivity contribution in [2.75, 3.05) is 6.54 Å². The Balaban J connectivity index is 1.67. The van der Waals surface area contributed by atoms with Gasteiger partial charge in [0.05, 0.1) is 4.88 Å². The summed E-state index contributed by atoms with van der Waals surface area (Å²) in [6.45, 7) is 8.47. The van der Waals surface area contributed by atoms with E-state index in [0.717, 1.165) is 21.8 Å². The molecule has 0 aliphatic carbocycles. The summed E-state index contributed by atoms with van der Waals surface area (Å²) in [5.74, 6) is 1.56. The van der Waals surface area contributed by atoms with E-state index in [-0.39, 0.29) is 12.5 Å². The van der Waals surface area contributed by atoms with E-state index in [2.05, 4.69) is 10.1 Å². The van der Waals surface area contributed by atoms with Gasteiger partial charge in [-0.3, -0.25) is 4.79 Å². The zero-order valence-corrected chi connectivity index (χ0v) is 16.7. The van der Waals surface area contributed by atoms with Crippen LogP contribution in [0.15, 0.2) is 40.2 Å². The Morgan fingerprint density at radius 2 is 2.11 bits per heavy atom. The molecule has 3 aromatic rings. The van der Waals surface area contributed by atoms with E-state index in [9.17, 15) is 4.79 Å². The van der Waals surface area contributed by atoms with E-state index >= 15 is 0 Å². The molecule has 3 rings (SSSR count). The standard InChI is InChI=1S/C20H23N3O3S/c1-5-23(12-18-21-19(22-26-18)17-10-7-11-27-17)20(24)15(4)25-16-9-6-8-13(2)14(16)3/h6-11,15H,5,12H2,1-4H3/t15-/m0/s1. The van der Waals surface area contributed by atoms with Gasteiger partial charge in [-0.2, -0.15) is 4.98 Å². The van der Waals surface area contributed by atoms with Gasteiger partial charge in [-0.1, -0.05) is 23.4 Å². The van der Waals surface area contributed by atoms with Gasteiger partial charge in [-0.25, -0.2) is 0 Å². The molecule has 0 radical (unpaired) electrons. The monoisotopic (exact) mass is 385 g/mol. The van der Waals surface area contributed by atoms with Gasteiger partial charge in [0.15, 0.2) is 6.10 Å². The molecule has 2 heterocycles. The number of rotatable bonds is 7. The molecule has 0 aliphatic rings. The molecule has 6 nitrogen and oxygen atoms in total. The van der Waals surface area contributed by atoms with Gasteiger partial charge in [0.1, 0.15) is 12.3 Å². The van der Waals surface area contributed by atoms with Gasteiger partial charge in [0.25, 0.3) is 5.91 Å². The molecular weight excluding hydrogens is 362 g/mol. The lowest BCUT2D eigenvalue weighted by atomic mass is 10.1. The van der Waals surface area contributed by atoms with E-state index < -0.39 is 6.10 Å². The number of nitrogens with zero attached hydrogens (tertiary/aromatic N) is 3. The molecule has 0 fully saturated rings. The fraction of sp³-hybridized carbons (Fsp3) is 0.350. The third-order valence-corrected chi connectivity index (χ3v) is 5.30. The Kier molecular flexibility index (Phi) is 5.91. The minimum atomic E-state index is -0.606. The second-order valence-corrected chi connectivity index (χ2v) is 7.25. The Hall–Kier alpha value is -2.67. The predicted molar refractivity (Wildman–Crippen MR) is 105 cm³/mol. The second-order valence-electron chi connectivity index (χ2n) is 6.30. The van der Waals surface area contributed by atoms with Crippen molar-refractivity contribution < 1.29 is 14.1 Å². The maximum absolute atomic E-state index is 12.8. The maximum atomic E-state index is 12.8. The average Bonchev–Trinajstić information content (AvgIpc) is 3.34. The highest BCUT2D eigenvalue weighted by atomic mass is 32.1. The molecule has 0 aliphatic heterocycles. The van der Waals surface area contributed by atoms with Gasteiger partial charge in [0.2, 0.25) is 11.7 Å². The minimum Gasteiger partial charge on any atom is -0.481 e. The van der Waals surface area contributed by atoms with Crippen LogP contribution in [0.5, 0.6) is 5.75 Å². The smallest absolute Gasteiger partial charge is 0.263 e. The first kappa shape index (κ1) is 19.1. The van der Waals surface area contributed by atoms with Crippen molar-refractivity contribution in [2.24, 2.45) is 0 Å². The predicted octanol–water partition coefficient (Wildman–Crippen LogP) is 4.23. The summed E-state index contributed by atoms with van der Waals surface area (Å²) in [5, 5.41) is 5.95. The van der Waals surface area contributed by atoms with E-state index in [1.165, 1.54) is 0 Å². The van der Waals surface area contributed by atoms with E-state index in [0.29, 0.717) is 18.3 Å². The van der Waals surface area contributed by atoms with Crippen molar-refractivity contribution in [1.29, 1.82) is 0 Å². The molecule has 0 saturated carbocycles. The van der Waals surface area contributed by atoms with Gasteiger partial charge >= 0.3 is 0 Å². The van der Waals surface area contributed by atoms with Crippen LogP contribution in [0.2, 0.25) is 0 Å². The third-order valence-electron chi connectivity index (χ3n) is 4.44. The van der Waals surface area contributed by atoms with Crippen LogP contribution >= 0.6 is 11.3 Å². The highest BCUT2D eigenvalue weighted by molar-refractivity contribution is 7.13. The molecule has 2 aromatic heterocycles. The number of likely N-dealkylation sites (N-methyl/N-ethyl adjacent to an activating group) is 1. The van der Waals surface area contributed by atoms with Crippen molar-refractivity contribution in [2.45, 2.75) is 40.3 Å². The highest BCUT2D eigenvalue weighted by Gasteiger charge is 2.24. The normalized spacial score (nSPS) is 12.0. The topological polar surface area (TPSA) is 68.5 Å². The quantitative estimate of drug-likeness (QED) is 0.609. The molecule has 0 N–H and O–H groups in total. The second kappa shape index (κ2) is 8.35. The number of aryl methyl sites for hydroxylation is 1. The highest BCUT2D eigenvalue weighted by Crippen LogP contribution is 2.23.